The van der Waals surface area contributed by atoms with Gasteiger partial charge in [0.25, 0.3) is 0 Å². The molecule has 0 radical (unpaired) electrons. The summed E-state index contributed by atoms with van der Waals surface area (Å²) >= 11 is 0. The fourth-order valence-electron chi connectivity index (χ4n) is 2.69. The Kier molecular flexibility index (Phi) is 3.31. The van der Waals surface area contributed by atoms with E-state index in [9.17, 15) is 4.79 Å². The molecule has 0 bridgehead atoms. The number of rotatable bonds is 2. The zero-order valence-electron chi connectivity index (χ0n) is 11.6. The van der Waals surface area contributed by atoms with Crippen LogP contribution in [0.5, 0.6) is 0 Å². The summed E-state index contributed by atoms with van der Waals surface area (Å²) in [5, 5.41) is 0. The van der Waals surface area contributed by atoms with Gasteiger partial charge in [0.05, 0.1) is 12.6 Å². The topological polar surface area (TPSA) is 29.5 Å². The Morgan fingerprint density at radius 2 is 1.89 bits per heavy atom. The van der Waals surface area contributed by atoms with Crippen LogP contribution in [0, 0.1) is 12.8 Å². The van der Waals surface area contributed by atoms with Crippen LogP contribution >= 0.6 is 0 Å². The summed E-state index contributed by atoms with van der Waals surface area (Å²) in [7, 11) is 0. The van der Waals surface area contributed by atoms with Crippen molar-refractivity contribution in [3.63, 3.8) is 0 Å². The van der Waals surface area contributed by atoms with Crippen LogP contribution in [0.1, 0.15) is 37.0 Å². The van der Waals surface area contributed by atoms with Crippen molar-refractivity contribution in [2.45, 2.75) is 38.9 Å². The van der Waals surface area contributed by atoms with Crippen LogP contribution in [0.3, 0.4) is 0 Å². The lowest BCUT2D eigenvalue weighted by molar-refractivity contribution is -0.146. The number of nitrogens with zero attached hydrogens (tertiary/aromatic N) is 1. The first-order valence-electron chi connectivity index (χ1n) is 7.14. The number of aryl methyl sites for hydroxylation is 1. The molecule has 1 amide bonds. The summed E-state index contributed by atoms with van der Waals surface area (Å²) in [6.07, 6.45) is 2.27. The summed E-state index contributed by atoms with van der Waals surface area (Å²) in [5.41, 5.74) is 2.42. The first-order chi connectivity index (χ1) is 9.13. The lowest BCUT2D eigenvalue weighted by atomic mass is 10.0. The van der Waals surface area contributed by atoms with Crippen molar-refractivity contribution in [1.29, 1.82) is 0 Å². The summed E-state index contributed by atoms with van der Waals surface area (Å²) < 4.78 is 6.00. The van der Waals surface area contributed by atoms with E-state index in [2.05, 4.69) is 31.2 Å². The number of carbonyl (C=O) groups excluding carboxylic acids is 1. The molecule has 19 heavy (non-hydrogen) atoms. The Hall–Kier alpha value is -1.35. The molecule has 1 aromatic carbocycles. The summed E-state index contributed by atoms with van der Waals surface area (Å²) in [6, 6.07) is 8.42. The molecule has 1 aliphatic carbocycles. The molecule has 3 rings (SSSR count). The summed E-state index contributed by atoms with van der Waals surface area (Å²) in [4.78, 5) is 14.2. The molecule has 1 aromatic rings. The van der Waals surface area contributed by atoms with Crippen molar-refractivity contribution in [1.82, 2.24) is 4.90 Å². The molecule has 2 atom stereocenters. The normalized spacial score (nSPS) is 27.4. The average Bonchev–Trinajstić information content (AvgIpc) is 3.22. The zero-order valence-corrected chi connectivity index (χ0v) is 11.6. The number of benzene rings is 1. The molecule has 0 N–H and O–H groups in total. The van der Waals surface area contributed by atoms with Gasteiger partial charge in [-0.25, -0.2) is 0 Å². The van der Waals surface area contributed by atoms with Gasteiger partial charge in [-0.1, -0.05) is 29.8 Å². The Balaban J connectivity index is 1.74. The third-order valence-corrected chi connectivity index (χ3v) is 3.95. The predicted octanol–water partition coefficient (Wildman–Crippen LogP) is 2.69. The highest BCUT2D eigenvalue weighted by Gasteiger charge is 2.37. The van der Waals surface area contributed by atoms with Crippen molar-refractivity contribution in [2.75, 3.05) is 13.1 Å². The van der Waals surface area contributed by atoms with E-state index in [0.29, 0.717) is 18.4 Å². The molecule has 1 saturated carbocycles. The highest BCUT2D eigenvalue weighted by atomic mass is 16.5. The molecular weight excluding hydrogens is 238 g/mol. The van der Waals surface area contributed by atoms with Gasteiger partial charge in [0.2, 0.25) is 5.91 Å². The first kappa shape index (κ1) is 12.7. The third kappa shape index (κ3) is 2.81. The first-order valence-corrected chi connectivity index (χ1v) is 7.14. The monoisotopic (exact) mass is 259 g/mol. The van der Waals surface area contributed by atoms with Gasteiger partial charge in [0.15, 0.2) is 0 Å². The van der Waals surface area contributed by atoms with E-state index in [-0.39, 0.29) is 12.2 Å². The van der Waals surface area contributed by atoms with Crippen LogP contribution in [-0.4, -0.2) is 30.0 Å². The largest absolute Gasteiger partial charge is 0.367 e. The molecule has 102 valence electrons. The second-order valence-corrected chi connectivity index (χ2v) is 5.86. The number of hydrogen-bond donors (Lipinski definition) is 0. The number of amides is 1. The van der Waals surface area contributed by atoms with Crippen LogP contribution in [0.25, 0.3) is 0 Å². The molecule has 3 nitrogen and oxygen atoms in total. The van der Waals surface area contributed by atoms with Crippen molar-refractivity contribution < 1.29 is 9.53 Å². The fraction of sp³-hybridized carbons (Fsp3) is 0.562. The molecule has 0 spiro atoms. The number of carbonyl (C=O) groups is 1. The smallest absolute Gasteiger partial charge is 0.225 e. The van der Waals surface area contributed by atoms with Crippen molar-refractivity contribution in [3.05, 3.63) is 35.4 Å². The van der Waals surface area contributed by atoms with Gasteiger partial charge in [-0.2, -0.15) is 0 Å². The minimum absolute atomic E-state index is 0.0204. The standard InChI is InChI=1S/C16H21NO2/c1-11-3-5-13(6-4-11)15-10-17(9-12(2)19-15)16(18)14-7-8-14/h3-6,12,14-15H,7-10H2,1-2H3. The maximum Gasteiger partial charge on any atom is 0.225 e. The molecular formula is C16H21NO2. The van der Waals surface area contributed by atoms with Gasteiger partial charge in [0, 0.05) is 12.5 Å². The predicted molar refractivity (Wildman–Crippen MR) is 73.8 cm³/mol. The minimum Gasteiger partial charge on any atom is -0.367 e. The maximum absolute atomic E-state index is 12.2. The van der Waals surface area contributed by atoms with E-state index in [1.807, 2.05) is 11.8 Å². The van der Waals surface area contributed by atoms with Crippen molar-refractivity contribution in [3.8, 4) is 0 Å². The van der Waals surface area contributed by atoms with Crippen molar-refractivity contribution >= 4 is 5.91 Å². The Morgan fingerprint density at radius 3 is 2.53 bits per heavy atom. The van der Waals surface area contributed by atoms with E-state index in [1.165, 1.54) is 11.1 Å². The highest BCUT2D eigenvalue weighted by Crippen LogP contribution is 2.33. The van der Waals surface area contributed by atoms with Crippen LogP contribution in [0.15, 0.2) is 24.3 Å². The van der Waals surface area contributed by atoms with Crippen LogP contribution in [-0.2, 0) is 9.53 Å². The second kappa shape index (κ2) is 4.97. The molecule has 2 aliphatic rings. The van der Waals surface area contributed by atoms with E-state index in [4.69, 9.17) is 4.74 Å². The van der Waals surface area contributed by atoms with Crippen molar-refractivity contribution in [2.24, 2.45) is 5.92 Å². The summed E-state index contributed by atoms with van der Waals surface area (Å²) in [6.45, 7) is 5.56. The zero-order chi connectivity index (χ0) is 13.4. The Bertz CT molecular complexity index is 464. The van der Waals surface area contributed by atoms with Crippen LogP contribution in [0.4, 0.5) is 0 Å². The quantitative estimate of drug-likeness (QED) is 0.817. The summed E-state index contributed by atoms with van der Waals surface area (Å²) in [5.74, 6) is 0.622. The van der Waals surface area contributed by atoms with E-state index in [1.54, 1.807) is 0 Å². The lowest BCUT2D eigenvalue weighted by Gasteiger charge is -2.37. The second-order valence-electron chi connectivity index (χ2n) is 5.86. The van der Waals surface area contributed by atoms with E-state index < -0.39 is 0 Å². The number of ether oxygens (including phenoxy) is 1. The molecule has 1 saturated heterocycles. The SMILES string of the molecule is Cc1ccc(C2CN(C(=O)C3CC3)CC(C)O2)cc1. The van der Waals surface area contributed by atoms with E-state index >= 15 is 0 Å². The molecule has 2 fully saturated rings. The maximum atomic E-state index is 12.2. The third-order valence-electron chi connectivity index (χ3n) is 3.95. The lowest BCUT2D eigenvalue weighted by Crippen LogP contribution is -2.46. The average molecular weight is 259 g/mol. The molecule has 2 unspecified atom stereocenters. The van der Waals surface area contributed by atoms with Gasteiger partial charge >= 0.3 is 0 Å². The molecule has 0 aromatic heterocycles. The van der Waals surface area contributed by atoms with Gasteiger partial charge in [0.1, 0.15) is 6.10 Å². The Morgan fingerprint density at radius 1 is 1.21 bits per heavy atom. The number of hydrogen-bond acceptors (Lipinski definition) is 2. The molecule has 1 aliphatic heterocycles. The minimum atomic E-state index is 0.0204. The Labute approximate surface area is 114 Å². The van der Waals surface area contributed by atoms with Crippen LogP contribution < -0.4 is 0 Å². The van der Waals surface area contributed by atoms with E-state index in [0.717, 1.165) is 19.4 Å². The van der Waals surface area contributed by atoms with Gasteiger partial charge in [-0.05, 0) is 32.3 Å². The van der Waals surface area contributed by atoms with Gasteiger partial charge < -0.3 is 9.64 Å². The molecule has 1 heterocycles. The highest BCUT2D eigenvalue weighted by molar-refractivity contribution is 5.81. The van der Waals surface area contributed by atoms with Gasteiger partial charge in [-0.3, -0.25) is 4.79 Å². The van der Waals surface area contributed by atoms with Gasteiger partial charge in [-0.15, -0.1) is 0 Å². The molecule has 3 heteroatoms. The number of morpholine rings is 1. The van der Waals surface area contributed by atoms with Crippen LogP contribution in [0.2, 0.25) is 0 Å². The fourth-order valence-corrected chi connectivity index (χ4v) is 2.69.